The van der Waals surface area contributed by atoms with Crippen molar-refractivity contribution >= 4 is 5.97 Å². The highest BCUT2D eigenvalue weighted by Crippen LogP contribution is 2.29. The maximum Gasteiger partial charge on any atom is 0.335 e. The van der Waals surface area contributed by atoms with Crippen molar-refractivity contribution in [3.05, 3.63) is 64.2 Å². The average molecular weight is 326 g/mol. The molecule has 3 heteroatoms. The molecule has 0 saturated carbocycles. The number of hydrogen-bond acceptors (Lipinski definition) is 2. The molecule has 0 heterocycles. The van der Waals surface area contributed by atoms with Crippen LogP contribution in [0.1, 0.15) is 59.5 Å². The summed E-state index contributed by atoms with van der Waals surface area (Å²) in [5.41, 5.74) is 4.39. The summed E-state index contributed by atoms with van der Waals surface area (Å²) in [5, 5.41) is 9.19. The highest BCUT2D eigenvalue weighted by molar-refractivity contribution is 5.90. The Labute approximate surface area is 144 Å². The minimum absolute atomic E-state index is 0.0909. The zero-order valence-electron chi connectivity index (χ0n) is 15.1. The maximum absolute atomic E-state index is 11.2. The molecule has 0 aliphatic rings. The number of carboxylic acid groups (broad SMARTS) is 1. The van der Waals surface area contributed by atoms with Crippen molar-refractivity contribution in [2.45, 2.75) is 47.1 Å². The van der Waals surface area contributed by atoms with E-state index in [1.165, 1.54) is 5.56 Å². The van der Waals surface area contributed by atoms with Crippen LogP contribution in [-0.4, -0.2) is 11.1 Å². The Morgan fingerprint density at radius 1 is 1.00 bits per heavy atom. The summed E-state index contributed by atoms with van der Waals surface area (Å²) < 4.78 is 6.07. The molecule has 0 aliphatic heterocycles. The van der Waals surface area contributed by atoms with E-state index >= 15 is 0 Å². The number of hydrogen-bond donors (Lipinski definition) is 1. The van der Waals surface area contributed by atoms with Crippen LogP contribution in [0.3, 0.4) is 0 Å². The van der Waals surface area contributed by atoms with Gasteiger partial charge >= 0.3 is 5.97 Å². The second-order valence-electron chi connectivity index (χ2n) is 6.77. The van der Waals surface area contributed by atoms with Gasteiger partial charge in [0, 0.05) is 0 Å². The molecule has 2 rings (SSSR count). The van der Waals surface area contributed by atoms with Gasteiger partial charge in [-0.1, -0.05) is 38.1 Å². The molecule has 0 amide bonds. The fourth-order valence-electron chi connectivity index (χ4n) is 2.81. The summed E-state index contributed by atoms with van der Waals surface area (Å²) >= 11 is 0. The lowest BCUT2D eigenvalue weighted by Crippen LogP contribution is -2.07. The van der Waals surface area contributed by atoms with Crippen molar-refractivity contribution in [1.82, 2.24) is 0 Å². The highest BCUT2D eigenvalue weighted by atomic mass is 16.5. The van der Waals surface area contributed by atoms with Crippen molar-refractivity contribution in [3.63, 3.8) is 0 Å². The first-order chi connectivity index (χ1) is 11.3. The summed E-state index contributed by atoms with van der Waals surface area (Å²) in [6.45, 7) is 10.2. The smallest absolute Gasteiger partial charge is 0.335 e. The molecule has 0 unspecified atom stereocenters. The molecule has 1 atom stereocenters. The monoisotopic (exact) mass is 326 g/mol. The summed E-state index contributed by atoms with van der Waals surface area (Å²) in [4.78, 5) is 11.2. The van der Waals surface area contributed by atoms with E-state index < -0.39 is 5.97 Å². The first kappa shape index (κ1) is 18.1. The molecule has 2 aromatic carbocycles. The predicted molar refractivity (Wildman–Crippen MR) is 96.9 cm³/mol. The third-order valence-electron chi connectivity index (χ3n) is 4.36. The Kier molecular flexibility index (Phi) is 5.66. The van der Waals surface area contributed by atoms with Crippen LogP contribution < -0.4 is 4.74 Å². The summed E-state index contributed by atoms with van der Waals surface area (Å²) in [6, 6.07) is 11.9. The van der Waals surface area contributed by atoms with E-state index in [0.717, 1.165) is 28.9 Å². The second-order valence-corrected chi connectivity index (χ2v) is 6.77. The third kappa shape index (κ3) is 4.16. The molecule has 0 saturated heterocycles. The van der Waals surface area contributed by atoms with Crippen LogP contribution in [0.5, 0.6) is 5.75 Å². The van der Waals surface area contributed by atoms with Crippen LogP contribution in [0.2, 0.25) is 0 Å². The maximum atomic E-state index is 11.2. The van der Waals surface area contributed by atoms with Crippen molar-refractivity contribution in [2.75, 3.05) is 0 Å². The van der Waals surface area contributed by atoms with Crippen molar-refractivity contribution in [2.24, 2.45) is 5.92 Å². The van der Waals surface area contributed by atoms with E-state index in [4.69, 9.17) is 4.74 Å². The molecule has 0 aliphatic carbocycles. The molecule has 2 aromatic rings. The van der Waals surface area contributed by atoms with Gasteiger partial charge in [0.15, 0.2) is 0 Å². The topological polar surface area (TPSA) is 46.5 Å². The largest absolute Gasteiger partial charge is 0.486 e. The molecular weight excluding hydrogens is 300 g/mol. The molecule has 128 valence electrons. The molecule has 1 N–H and O–H groups in total. The zero-order valence-corrected chi connectivity index (χ0v) is 15.1. The zero-order chi connectivity index (χ0) is 17.9. The first-order valence-electron chi connectivity index (χ1n) is 8.38. The van der Waals surface area contributed by atoms with E-state index in [9.17, 15) is 9.90 Å². The molecule has 0 radical (unpaired) electrons. The number of carbonyl (C=O) groups is 1. The number of benzene rings is 2. The molecule has 3 nitrogen and oxygen atoms in total. The van der Waals surface area contributed by atoms with Crippen LogP contribution in [0.25, 0.3) is 0 Å². The summed E-state index contributed by atoms with van der Waals surface area (Å²) in [5.74, 6) is 0.468. The van der Waals surface area contributed by atoms with Crippen LogP contribution in [-0.2, 0) is 6.42 Å². The van der Waals surface area contributed by atoms with Gasteiger partial charge in [-0.05, 0) is 67.5 Å². The van der Waals surface area contributed by atoms with E-state index in [1.54, 1.807) is 12.1 Å². The van der Waals surface area contributed by atoms with Crippen molar-refractivity contribution in [3.8, 4) is 5.75 Å². The minimum atomic E-state index is -0.907. The first-order valence-corrected chi connectivity index (χ1v) is 8.38. The van der Waals surface area contributed by atoms with Gasteiger partial charge in [0.05, 0.1) is 5.56 Å². The van der Waals surface area contributed by atoms with Crippen LogP contribution in [0.15, 0.2) is 36.4 Å². The van der Waals surface area contributed by atoms with Crippen LogP contribution in [0.4, 0.5) is 0 Å². The Balaban J connectivity index is 2.16. The normalized spacial score (nSPS) is 12.2. The minimum Gasteiger partial charge on any atom is -0.486 e. The van der Waals surface area contributed by atoms with Gasteiger partial charge in [-0.3, -0.25) is 0 Å². The lowest BCUT2D eigenvalue weighted by atomic mass is 10.00. The fourth-order valence-corrected chi connectivity index (χ4v) is 2.81. The van der Waals surface area contributed by atoms with E-state index in [-0.39, 0.29) is 6.10 Å². The lowest BCUT2D eigenvalue weighted by Gasteiger charge is -2.19. The average Bonchev–Trinajstić information content (AvgIpc) is 2.51. The van der Waals surface area contributed by atoms with Gasteiger partial charge in [0.25, 0.3) is 0 Å². The number of rotatable bonds is 6. The van der Waals surface area contributed by atoms with Gasteiger partial charge in [0.1, 0.15) is 11.9 Å². The van der Waals surface area contributed by atoms with Gasteiger partial charge in [-0.2, -0.15) is 0 Å². The Bertz CT molecular complexity index is 715. The Morgan fingerprint density at radius 3 is 2.17 bits per heavy atom. The molecule has 24 heavy (non-hydrogen) atoms. The van der Waals surface area contributed by atoms with E-state index in [1.807, 2.05) is 20.8 Å². The van der Waals surface area contributed by atoms with Gasteiger partial charge in [-0.25, -0.2) is 4.79 Å². The Hall–Kier alpha value is -2.29. The fraction of sp³-hybridized carbons (Fsp3) is 0.381. The second kappa shape index (κ2) is 7.52. The van der Waals surface area contributed by atoms with Gasteiger partial charge in [0.2, 0.25) is 0 Å². The predicted octanol–water partition coefficient (Wildman–Crippen LogP) is 5.34. The summed E-state index contributed by atoms with van der Waals surface area (Å²) in [6.07, 6.45) is 0.983. The standard InChI is InChI=1S/C21H26O3/c1-13(2)12-17-6-8-18(9-7-17)16(5)24-20-11-10-19(21(22)23)14(3)15(20)4/h6-11,13,16H,12H2,1-5H3,(H,22,23)/t16-/m0/s1. The SMILES string of the molecule is Cc1c(O[C@@H](C)c2ccc(CC(C)C)cc2)ccc(C(=O)O)c1C. The van der Waals surface area contributed by atoms with Crippen molar-refractivity contribution in [1.29, 1.82) is 0 Å². The molecule has 0 fully saturated rings. The molecule has 0 spiro atoms. The Morgan fingerprint density at radius 2 is 1.62 bits per heavy atom. The van der Waals surface area contributed by atoms with Crippen molar-refractivity contribution < 1.29 is 14.6 Å². The van der Waals surface area contributed by atoms with E-state index in [2.05, 4.69) is 38.1 Å². The molecule has 0 bridgehead atoms. The highest BCUT2D eigenvalue weighted by Gasteiger charge is 2.15. The van der Waals surface area contributed by atoms with Crippen LogP contribution in [0, 0.1) is 19.8 Å². The molecular formula is C21H26O3. The van der Waals surface area contributed by atoms with Gasteiger partial charge < -0.3 is 9.84 Å². The summed E-state index contributed by atoms with van der Waals surface area (Å²) in [7, 11) is 0. The quantitative estimate of drug-likeness (QED) is 0.779. The van der Waals surface area contributed by atoms with Crippen LogP contribution >= 0.6 is 0 Å². The lowest BCUT2D eigenvalue weighted by molar-refractivity contribution is 0.0696. The number of ether oxygens (including phenoxy) is 1. The number of carboxylic acids is 1. The third-order valence-corrected chi connectivity index (χ3v) is 4.36. The van der Waals surface area contributed by atoms with E-state index in [0.29, 0.717) is 11.5 Å². The van der Waals surface area contributed by atoms with Gasteiger partial charge in [-0.15, -0.1) is 0 Å². The number of aromatic carboxylic acids is 1. The molecule has 0 aromatic heterocycles.